The number of rotatable bonds is 30. The van der Waals surface area contributed by atoms with Gasteiger partial charge in [0.15, 0.2) is 0 Å². The van der Waals surface area contributed by atoms with Crippen molar-refractivity contribution < 1.29 is 61.9 Å². The third-order valence-electron chi connectivity index (χ3n) is 18.3. The molecule has 2 fully saturated rings. The van der Waals surface area contributed by atoms with Crippen LogP contribution in [0.25, 0.3) is 21.8 Å². The molecule has 0 N–H and O–H groups in total. The molecular formula is C78H85NO13. The van der Waals surface area contributed by atoms with E-state index in [9.17, 15) is 28.8 Å². The summed E-state index contributed by atoms with van der Waals surface area (Å²) in [6.07, 6.45) is 19.7. The number of carbonyl (C=O) groups excluding carboxylic acids is 6. The summed E-state index contributed by atoms with van der Waals surface area (Å²) in [4.78, 5) is 82.5. The highest BCUT2D eigenvalue weighted by molar-refractivity contribution is 6.10. The van der Waals surface area contributed by atoms with Crippen molar-refractivity contribution in [1.82, 2.24) is 4.57 Å². The van der Waals surface area contributed by atoms with E-state index in [0.29, 0.717) is 67.4 Å². The fourth-order valence-electron chi connectivity index (χ4n) is 12.9. The summed E-state index contributed by atoms with van der Waals surface area (Å²) in [7, 11) is 0. The molecule has 92 heavy (non-hydrogen) atoms. The highest BCUT2D eigenvalue weighted by Crippen LogP contribution is 2.44. The molecule has 6 aromatic carbocycles. The molecule has 0 spiro atoms. The number of ether oxygens (including phenoxy) is 7. The normalized spacial score (nSPS) is 17.9. The van der Waals surface area contributed by atoms with Crippen LogP contribution in [0.5, 0.6) is 11.5 Å². The maximum absolute atomic E-state index is 14.3. The van der Waals surface area contributed by atoms with Crippen LogP contribution in [0.4, 0.5) is 0 Å². The van der Waals surface area contributed by atoms with Gasteiger partial charge in [0, 0.05) is 39.5 Å². The number of hydrogen-bond donors (Lipinski definition) is 0. The summed E-state index contributed by atoms with van der Waals surface area (Å²) >= 11 is 0. The zero-order chi connectivity index (χ0) is 64.2. The van der Waals surface area contributed by atoms with Crippen molar-refractivity contribution in [3.63, 3.8) is 0 Å². The Bertz CT molecular complexity index is 3750. The van der Waals surface area contributed by atoms with E-state index in [-0.39, 0.29) is 40.1 Å². The molecule has 2 saturated carbocycles. The van der Waals surface area contributed by atoms with Crippen molar-refractivity contribution in [2.24, 2.45) is 35.0 Å². The van der Waals surface area contributed by atoms with Crippen molar-refractivity contribution in [3.05, 3.63) is 191 Å². The van der Waals surface area contributed by atoms with Gasteiger partial charge in [-0.3, -0.25) is 9.59 Å². The lowest BCUT2D eigenvalue weighted by molar-refractivity contribution is -0.158. The van der Waals surface area contributed by atoms with Gasteiger partial charge in [0.25, 0.3) is 0 Å². The molecule has 10 rings (SSSR count). The summed E-state index contributed by atoms with van der Waals surface area (Å²) in [6, 6.07) is 40.7. The Morgan fingerprint density at radius 2 is 1.08 bits per heavy atom. The van der Waals surface area contributed by atoms with Gasteiger partial charge in [0.1, 0.15) is 43.3 Å². The maximum atomic E-state index is 14.3. The van der Waals surface area contributed by atoms with Crippen molar-refractivity contribution in [3.8, 4) is 23.3 Å². The standard InChI is InChI=1S/C78H85NO13/c1-4-7-10-16-55-25-30-59(31-26-55)72(80)88-50-78(53-91-75(83)64-39-44-71-69(49-64)67-17-11-12-18-70(67)79(71)6-3,51-89-73(81)60-32-27-57(28-33-60)24-23-56-21-19-54(15-5-2)20-22-56)52-90-74(82)61-35-37-62(38-36-61)76(84)92-66-42-40-65(41-43-66)86-45-13-8-9-14-46-87-77(85)68-48-58-29-34-63(68)47-58/h11-12,17-22,27-29,32-44,49,55,58-59,63,68H,4-10,13-16,25-26,30-31,45-48,50-53H2,1-3H3. The van der Waals surface area contributed by atoms with Gasteiger partial charge in [0.05, 0.1) is 47.3 Å². The topological polar surface area (TPSA) is 172 Å². The molecule has 1 aromatic heterocycles. The molecule has 14 heteroatoms. The van der Waals surface area contributed by atoms with Crippen LogP contribution in [-0.4, -0.2) is 80.0 Å². The number of aryl methyl sites for hydroxylation is 2. The molecule has 480 valence electrons. The number of allylic oxidation sites excluding steroid dienone is 2. The molecule has 4 atom stereocenters. The minimum atomic E-state index is -1.61. The first kappa shape index (κ1) is 66.0. The molecule has 3 aliphatic rings. The second-order valence-corrected chi connectivity index (χ2v) is 25.1. The molecule has 0 radical (unpaired) electrons. The van der Waals surface area contributed by atoms with Gasteiger partial charge in [-0.05, 0) is 210 Å². The number of fused-ring (bicyclic) bond motifs is 5. The van der Waals surface area contributed by atoms with Gasteiger partial charge in [-0.15, -0.1) is 0 Å². The summed E-state index contributed by atoms with van der Waals surface area (Å²) < 4.78 is 43.8. The van der Waals surface area contributed by atoms with E-state index in [1.165, 1.54) is 36.2 Å². The maximum Gasteiger partial charge on any atom is 0.343 e. The van der Waals surface area contributed by atoms with E-state index >= 15 is 0 Å². The third-order valence-corrected chi connectivity index (χ3v) is 18.3. The van der Waals surface area contributed by atoms with Gasteiger partial charge in [-0.25, -0.2) is 19.2 Å². The molecule has 2 bridgehead atoms. The summed E-state index contributed by atoms with van der Waals surface area (Å²) in [5, 5.41) is 1.84. The van der Waals surface area contributed by atoms with E-state index in [1.54, 1.807) is 60.7 Å². The van der Waals surface area contributed by atoms with E-state index in [2.05, 4.69) is 61.5 Å². The Morgan fingerprint density at radius 3 is 1.70 bits per heavy atom. The number of esters is 6. The number of para-hydroxylation sites is 1. The second kappa shape index (κ2) is 32.4. The van der Waals surface area contributed by atoms with Crippen LogP contribution in [-0.2, 0) is 46.2 Å². The van der Waals surface area contributed by atoms with Crippen LogP contribution in [0.1, 0.15) is 175 Å². The monoisotopic (exact) mass is 1240 g/mol. The van der Waals surface area contributed by atoms with Crippen molar-refractivity contribution >= 4 is 57.6 Å². The van der Waals surface area contributed by atoms with Crippen LogP contribution in [0.3, 0.4) is 0 Å². The van der Waals surface area contributed by atoms with Crippen molar-refractivity contribution in [1.29, 1.82) is 0 Å². The number of hydrogen-bond acceptors (Lipinski definition) is 13. The van der Waals surface area contributed by atoms with Crippen molar-refractivity contribution in [2.75, 3.05) is 39.6 Å². The largest absolute Gasteiger partial charge is 0.494 e. The third kappa shape index (κ3) is 17.5. The van der Waals surface area contributed by atoms with Gasteiger partial charge < -0.3 is 37.7 Å². The van der Waals surface area contributed by atoms with Crippen LogP contribution in [0, 0.1) is 46.8 Å². The van der Waals surface area contributed by atoms with Crippen LogP contribution >= 0.6 is 0 Å². The molecule has 3 aliphatic carbocycles. The molecule has 0 amide bonds. The first-order valence-corrected chi connectivity index (χ1v) is 33.2. The van der Waals surface area contributed by atoms with Gasteiger partial charge in [-0.2, -0.15) is 0 Å². The fraction of sp³-hybridized carbons (Fsp3) is 0.410. The summed E-state index contributed by atoms with van der Waals surface area (Å²) in [5.74, 6) is 5.01. The molecule has 4 unspecified atom stereocenters. The summed E-state index contributed by atoms with van der Waals surface area (Å²) in [6.45, 7) is 6.16. The SMILES string of the molecule is CCCCCC1CCC(C(=O)OCC(COC(=O)c2ccc(C#Cc3ccc(CCC)cc3)cc2)(COC(=O)c2ccc(C(=O)Oc3ccc(OCCCCCCOC(=O)C4CC5C=CC4C5)cc3)cc2)COC(=O)c2ccc3c(c2)c2ccccc2n3CC)CC1. The zero-order valence-corrected chi connectivity index (χ0v) is 53.3. The predicted molar refractivity (Wildman–Crippen MR) is 353 cm³/mol. The van der Waals surface area contributed by atoms with E-state index < -0.39 is 61.7 Å². The lowest BCUT2D eigenvalue weighted by Crippen LogP contribution is -2.44. The van der Waals surface area contributed by atoms with Gasteiger partial charge in [-0.1, -0.05) is 100 Å². The predicted octanol–water partition coefficient (Wildman–Crippen LogP) is 15.9. The highest BCUT2D eigenvalue weighted by atomic mass is 16.6. The van der Waals surface area contributed by atoms with E-state index in [0.717, 1.165) is 111 Å². The average Bonchev–Trinajstić information content (AvgIpc) is 1.62. The number of nitrogens with zero attached hydrogens (tertiary/aromatic N) is 1. The number of unbranched alkanes of at least 4 members (excludes halogenated alkanes) is 5. The Kier molecular flexibility index (Phi) is 23.2. The zero-order valence-electron chi connectivity index (χ0n) is 53.3. The first-order valence-electron chi connectivity index (χ1n) is 33.2. The second-order valence-electron chi connectivity index (χ2n) is 25.1. The van der Waals surface area contributed by atoms with Crippen molar-refractivity contribution in [2.45, 2.75) is 130 Å². The van der Waals surface area contributed by atoms with Gasteiger partial charge >= 0.3 is 35.8 Å². The van der Waals surface area contributed by atoms with Crippen LogP contribution in [0.2, 0.25) is 0 Å². The minimum absolute atomic E-state index is 0.0205. The molecule has 7 aromatic rings. The Morgan fingerprint density at radius 1 is 0.500 bits per heavy atom. The molecule has 14 nitrogen and oxygen atoms in total. The minimum Gasteiger partial charge on any atom is -0.494 e. The molecule has 0 aliphatic heterocycles. The smallest absolute Gasteiger partial charge is 0.343 e. The lowest BCUT2D eigenvalue weighted by Gasteiger charge is -2.33. The molecular weight excluding hydrogens is 1160 g/mol. The summed E-state index contributed by atoms with van der Waals surface area (Å²) in [5.41, 5.74) is 3.91. The van der Waals surface area contributed by atoms with Gasteiger partial charge in [0.2, 0.25) is 0 Å². The fourth-order valence-corrected chi connectivity index (χ4v) is 12.9. The molecule has 1 heterocycles. The lowest BCUT2D eigenvalue weighted by atomic mass is 9.80. The Balaban J connectivity index is 0.798. The van der Waals surface area contributed by atoms with Crippen LogP contribution < -0.4 is 9.47 Å². The van der Waals surface area contributed by atoms with E-state index in [4.69, 9.17) is 33.2 Å². The average molecular weight is 1240 g/mol. The quantitative estimate of drug-likeness (QED) is 0.0104. The Labute approximate surface area is 540 Å². The number of benzene rings is 6. The number of carbonyl (C=O) groups is 6. The molecule has 0 saturated heterocycles. The highest BCUT2D eigenvalue weighted by Gasteiger charge is 2.42. The number of aromatic nitrogens is 1. The Hall–Kier alpha value is -8.96. The van der Waals surface area contributed by atoms with E-state index in [1.807, 2.05) is 42.5 Å². The van der Waals surface area contributed by atoms with Crippen LogP contribution in [0.15, 0.2) is 152 Å². The first-order chi connectivity index (χ1) is 44.9.